The Bertz CT molecular complexity index is 506. The van der Waals surface area contributed by atoms with E-state index in [9.17, 15) is 9.59 Å². The molecule has 0 spiro atoms. The molecule has 6 heteroatoms. The molecule has 0 aromatic heterocycles. The van der Waals surface area contributed by atoms with E-state index in [0.717, 1.165) is 6.42 Å². The molecule has 1 aliphatic carbocycles. The van der Waals surface area contributed by atoms with Crippen molar-refractivity contribution in [1.29, 1.82) is 0 Å². The zero-order valence-corrected chi connectivity index (χ0v) is 13.0. The van der Waals surface area contributed by atoms with Gasteiger partial charge in [-0.1, -0.05) is 13.8 Å². The van der Waals surface area contributed by atoms with E-state index < -0.39 is 11.0 Å². The molecule has 21 heavy (non-hydrogen) atoms. The lowest BCUT2D eigenvalue weighted by Crippen LogP contribution is -2.80. The Balaban J connectivity index is 1.82. The Morgan fingerprint density at radius 1 is 1.29 bits per heavy atom. The molecule has 1 saturated carbocycles. The van der Waals surface area contributed by atoms with E-state index in [0.29, 0.717) is 26.1 Å². The molecule has 0 aromatic rings. The second-order valence-electron chi connectivity index (χ2n) is 7.68. The molecule has 3 aliphatic rings. The number of ether oxygens (including phenoxy) is 1. The Morgan fingerprint density at radius 2 is 1.95 bits per heavy atom. The lowest BCUT2D eigenvalue weighted by Gasteiger charge is -2.61. The van der Waals surface area contributed by atoms with Crippen LogP contribution in [0.2, 0.25) is 0 Å². The van der Waals surface area contributed by atoms with Crippen molar-refractivity contribution >= 4 is 11.8 Å². The first-order chi connectivity index (χ1) is 9.64. The minimum absolute atomic E-state index is 0.0516. The van der Waals surface area contributed by atoms with Crippen LogP contribution >= 0.6 is 0 Å². The third kappa shape index (κ3) is 1.66. The number of hydrogen-bond acceptors (Lipinski definition) is 4. The topological polar surface area (TPSA) is 98.7 Å². The predicted molar refractivity (Wildman–Crippen MR) is 77.0 cm³/mol. The van der Waals surface area contributed by atoms with Crippen LogP contribution in [0.25, 0.3) is 0 Å². The molecule has 0 bridgehead atoms. The lowest BCUT2D eigenvalue weighted by molar-refractivity contribution is -0.183. The van der Waals surface area contributed by atoms with Gasteiger partial charge in [-0.15, -0.1) is 0 Å². The van der Waals surface area contributed by atoms with Crippen molar-refractivity contribution in [1.82, 2.24) is 4.90 Å². The summed E-state index contributed by atoms with van der Waals surface area (Å²) in [5, 5.41) is 0. The number of carbonyl (C=O) groups excluding carboxylic acids is 2. The van der Waals surface area contributed by atoms with Crippen molar-refractivity contribution in [3.63, 3.8) is 0 Å². The van der Waals surface area contributed by atoms with Gasteiger partial charge in [0.1, 0.15) is 5.54 Å². The molecule has 4 atom stereocenters. The fourth-order valence-electron chi connectivity index (χ4n) is 4.42. The van der Waals surface area contributed by atoms with Crippen molar-refractivity contribution in [2.24, 2.45) is 28.2 Å². The molecule has 0 aromatic carbocycles. The number of rotatable bonds is 2. The summed E-state index contributed by atoms with van der Waals surface area (Å²) in [6.45, 7) is 7.41. The van der Waals surface area contributed by atoms with Crippen LogP contribution < -0.4 is 11.5 Å². The summed E-state index contributed by atoms with van der Waals surface area (Å²) in [5.41, 5.74) is 10.1. The first-order valence-electron chi connectivity index (χ1n) is 7.64. The highest BCUT2D eigenvalue weighted by Gasteiger charge is 2.72. The summed E-state index contributed by atoms with van der Waals surface area (Å²) in [6.07, 6.45) is 1.50. The fraction of sp³-hybridized carbons (Fsp3) is 0.867. The number of likely N-dealkylation sites (tertiary alicyclic amines) is 1. The van der Waals surface area contributed by atoms with Crippen LogP contribution in [-0.4, -0.2) is 48.1 Å². The zero-order chi connectivity index (χ0) is 15.6. The number of primary amides is 1. The Kier molecular flexibility index (Phi) is 2.95. The molecule has 118 valence electrons. The van der Waals surface area contributed by atoms with Crippen molar-refractivity contribution in [3.8, 4) is 0 Å². The van der Waals surface area contributed by atoms with Gasteiger partial charge in [-0.3, -0.25) is 9.59 Å². The minimum Gasteiger partial charge on any atom is -0.377 e. The van der Waals surface area contributed by atoms with E-state index in [2.05, 4.69) is 0 Å². The molecule has 3 rings (SSSR count). The van der Waals surface area contributed by atoms with Gasteiger partial charge in [0.25, 0.3) is 0 Å². The first-order valence-corrected chi connectivity index (χ1v) is 7.64. The van der Waals surface area contributed by atoms with Gasteiger partial charge in [-0.05, 0) is 19.8 Å². The monoisotopic (exact) mass is 295 g/mol. The average molecular weight is 295 g/mol. The van der Waals surface area contributed by atoms with Crippen LogP contribution in [0.1, 0.15) is 33.6 Å². The maximum atomic E-state index is 13.0. The second kappa shape index (κ2) is 4.20. The highest BCUT2D eigenvalue weighted by Crippen LogP contribution is 2.59. The third-order valence-corrected chi connectivity index (χ3v) is 6.16. The van der Waals surface area contributed by atoms with Gasteiger partial charge >= 0.3 is 0 Å². The van der Waals surface area contributed by atoms with Crippen molar-refractivity contribution in [3.05, 3.63) is 0 Å². The SMILES string of the molecule is CC1(C(N)=O)CCN(C(=O)C2(N)C3CCOC3C2(C)C)C1. The predicted octanol–water partition coefficient (Wildman–Crippen LogP) is -0.147. The van der Waals surface area contributed by atoms with Crippen molar-refractivity contribution in [2.45, 2.75) is 45.3 Å². The Morgan fingerprint density at radius 3 is 2.52 bits per heavy atom. The van der Waals surface area contributed by atoms with Crippen LogP contribution in [0, 0.1) is 16.7 Å². The van der Waals surface area contributed by atoms with Crippen LogP contribution in [0.5, 0.6) is 0 Å². The standard InChI is InChI=1S/C15H25N3O3/c1-13(2)10-9(4-7-21-10)15(13,17)12(20)18-6-5-14(3,8-18)11(16)19/h9-10H,4-8,17H2,1-3H3,(H2,16,19). The number of amides is 2. The summed E-state index contributed by atoms with van der Waals surface area (Å²) in [7, 11) is 0. The highest BCUT2D eigenvalue weighted by atomic mass is 16.5. The number of carbonyl (C=O) groups is 2. The maximum Gasteiger partial charge on any atom is 0.243 e. The largest absolute Gasteiger partial charge is 0.377 e. The minimum atomic E-state index is -0.892. The fourth-order valence-corrected chi connectivity index (χ4v) is 4.42. The summed E-state index contributed by atoms with van der Waals surface area (Å²) in [5.74, 6) is -0.316. The number of hydrogen-bond donors (Lipinski definition) is 2. The van der Waals surface area contributed by atoms with Gasteiger partial charge in [0.2, 0.25) is 11.8 Å². The highest BCUT2D eigenvalue weighted by molar-refractivity contribution is 5.91. The maximum absolute atomic E-state index is 13.0. The summed E-state index contributed by atoms with van der Waals surface area (Å²) < 4.78 is 5.73. The smallest absolute Gasteiger partial charge is 0.243 e. The van der Waals surface area contributed by atoms with E-state index in [1.807, 2.05) is 20.8 Å². The van der Waals surface area contributed by atoms with Crippen molar-refractivity contribution in [2.75, 3.05) is 19.7 Å². The van der Waals surface area contributed by atoms with Crippen LogP contribution in [0.3, 0.4) is 0 Å². The quantitative estimate of drug-likeness (QED) is 0.740. The van der Waals surface area contributed by atoms with Crippen molar-refractivity contribution < 1.29 is 14.3 Å². The van der Waals surface area contributed by atoms with Crippen LogP contribution in [-0.2, 0) is 14.3 Å². The van der Waals surface area contributed by atoms with Crippen LogP contribution in [0.4, 0.5) is 0 Å². The number of fused-ring (bicyclic) bond motifs is 1. The van der Waals surface area contributed by atoms with Gasteiger partial charge in [-0.2, -0.15) is 0 Å². The molecular weight excluding hydrogens is 270 g/mol. The van der Waals surface area contributed by atoms with E-state index in [4.69, 9.17) is 16.2 Å². The second-order valence-corrected chi connectivity index (χ2v) is 7.68. The normalized spacial score (nSPS) is 44.3. The van der Waals surface area contributed by atoms with Crippen LogP contribution in [0.15, 0.2) is 0 Å². The van der Waals surface area contributed by atoms with Gasteiger partial charge < -0.3 is 21.1 Å². The summed E-state index contributed by atoms with van der Waals surface area (Å²) in [6, 6.07) is 0. The average Bonchev–Trinajstić information content (AvgIpc) is 3.03. The van der Waals surface area contributed by atoms with E-state index in [1.54, 1.807) is 4.90 Å². The zero-order valence-electron chi connectivity index (χ0n) is 13.0. The number of nitrogens with zero attached hydrogens (tertiary/aromatic N) is 1. The summed E-state index contributed by atoms with van der Waals surface area (Å²) >= 11 is 0. The van der Waals surface area contributed by atoms with E-state index >= 15 is 0 Å². The van der Waals surface area contributed by atoms with Gasteiger partial charge in [0.15, 0.2) is 0 Å². The molecule has 3 fully saturated rings. The van der Waals surface area contributed by atoms with E-state index in [1.165, 1.54) is 0 Å². The van der Waals surface area contributed by atoms with Gasteiger partial charge in [-0.25, -0.2) is 0 Å². The van der Waals surface area contributed by atoms with E-state index in [-0.39, 0.29) is 29.3 Å². The van der Waals surface area contributed by atoms with Gasteiger partial charge in [0, 0.05) is 31.0 Å². The van der Waals surface area contributed by atoms with Gasteiger partial charge in [0.05, 0.1) is 11.5 Å². The number of nitrogens with two attached hydrogens (primary N) is 2. The molecule has 2 saturated heterocycles. The Labute approximate surface area is 125 Å². The molecule has 2 amide bonds. The molecule has 6 nitrogen and oxygen atoms in total. The third-order valence-electron chi connectivity index (χ3n) is 6.16. The molecule has 4 N–H and O–H groups in total. The molecule has 0 radical (unpaired) electrons. The molecule has 2 heterocycles. The Hall–Kier alpha value is -1.14. The molecular formula is C15H25N3O3. The summed E-state index contributed by atoms with van der Waals surface area (Å²) in [4.78, 5) is 26.3. The lowest BCUT2D eigenvalue weighted by atomic mass is 9.47. The molecule has 4 unspecified atom stereocenters. The first kappa shape index (κ1) is 14.8. The molecule has 2 aliphatic heterocycles.